The number of hydrogen-bond donors (Lipinski definition) is 0. The highest BCUT2D eigenvalue weighted by molar-refractivity contribution is 5.70. The number of rotatable bonds is 47. The van der Waals surface area contributed by atoms with Crippen molar-refractivity contribution in [2.24, 2.45) is 0 Å². The predicted octanol–water partition coefficient (Wildman–Crippen LogP) is 14.0. The number of nitrogens with zero attached hydrogens (tertiary/aromatic N) is 1. The second kappa shape index (κ2) is 50.1. The van der Waals surface area contributed by atoms with Crippen LogP contribution in [0.25, 0.3) is 0 Å². The Bertz CT molecular complexity index is 1540. The summed E-state index contributed by atoms with van der Waals surface area (Å²) < 4.78 is 22.6. The molecule has 0 N–H and O–H groups in total. The van der Waals surface area contributed by atoms with E-state index in [4.69, 9.17) is 18.9 Å². The summed E-state index contributed by atoms with van der Waals surface area (Å²) in [5, 5.41) is 11.8. The first-order chi connectivity index (χ1) is 33.6. The number of aliphatic carboxylic acids is 1. The molecule has 0 aromatic carbocycles. The number of esters is 2. The van der Waals surface area contributed by atoms with E-state index in [1.54, 1.807) is 0 Å². The van der Waals surface area contributed by atoms with E-state index in [1.807, 2.05) is 21.1 Å². The number of carboxylic acid groups (broad SMARTS) is 1. The van der Waals surface area contributed by atoms with Gasteiger partial charge in [0, 0.05) is 12.8 Å². The second-order valence-corrected chi connectivity index (χ2v) is 18.4. The molecule has 2 unspecified atom stereocenters. The first-order valence-corrected chi connectivity index (χ1v) is 26.7. The van der Waals surface area contributed by atoms with Crippen molar-refractivity contribution in [2.45, 2.75) is 193 Å². The molecule has 0 aromatic heterocycles. The molecule has 0 fully saturated rings. The van der Waals surface area contributed by atoms with E-state index in [1.165, 1.54) is 32.1 Å². The molecule has 0 aromatic rings. The van der Waals surface area contributed by atoms with Crippen LogP contribution in [0.4, 0.5) is 0 Å². The van der Waals surface area contributed by atoms with Gasteiger partial charge in [-0.1, -0.05) is 187 Å². The normalized spacial score (nSPS) is 13.8. The van der Waals surface area contributed by atoms with E-state index in [0.717, 1.165) is 109 Å². The molecule has 0 saturated carbocycles. The zero-order valence-electron chi connectivity index (χ0n) is 44.1. The summed E-state index contributed by atoms with van der Waals surface area (Å²) in [6, 6.07) is 0. The van der Waals surface area contributed by atoms with Gasteiger partial charge in [0.15, 0.2) is 12.4 Å². The molecule has 0 aliphatic carbocycles. The Balaban J connectivity index is 4.40. The molecule has 2 atom stereocenters. The SMILES string of the molecule is CC/C=C\C/C=C\C/C=C\C/C=C\C/C=C\CCCCCCCCCCCC(=O)OC(COC(=O)CCCCC/C=C\C/C=C\C/C=C\C/C=C\C/C=C\CC)COC(OCC[N+](C)(C)C)C(=O)[O-]. The molecule has 9 heteroatoms. The molecule has 0 heterocycles. The number of hydrogen-bond acceptors (Lipinski definition) is 8. The third-order valence-electron chi connectivity index (χ3n) is 10.7. The van der Waals surface area contributed by atoms with Crippen LogP contribution in [-0.2, 0) is 33.3 Å². The molecule has 0 bridgehead atoms. The van der Waals surface area contributed by atoms with Gasteiger partial charge in [-0.05, 0) is 103 Å². The smallest absolute Gasteiger partial charge is 0.306 e. The minimum absolute atomic E-state index is 0.133. The van der Waals surface area contributed by atoms with Gasteiger partial charge in [-0.3, -0.25) is 9.59 Å². The zero-order chi connectivity index (χ0) is 50.6. The van der Waals surface area contributed by atoms with E-state index in [2.05, 4.69) is 135 Å². The van der Waals surface area contributed by atoms with E-state index in [9.17, 15) is 19.5 Å². The third-order valence-corrected chi connectivity index (χ3v) is 10.7. The number of likely N-dealkylation sites (N-methyl/N-ethyl adjacent to an activating group) is 1. The molecule has 0 amide bonds. The lowest BCUT2D eigenvalue weighted by Crippen LogP contribution is -2.44. The molecule has 9 nitrogen and oxygen atoms in total. The molecular formula is C60H97NO8. The van der Waals surface area contributed by atoms with Gasteiger partial charge in [-0.15, -0.1) is 0 Å². The van der Waals surface area contributed by atoms with Gasteiger partial charge in [-0.25, -0.2) is 0 Å². The summed E-state index contributed by atoms with van der Waals surface area (Å²) in [4.78, 5) is 37.2. The van der Waals surface area contributed by atoms with Crippen LogP contribution in [0.3, 0.4) is 0 Å². The molecule has 0 saturated heterocycles. The van der Waals surface area contributed by atoms with Crippen LogP contribution in [0.2, 0.25) is 0 Å². The summed E-state index contributed by atoms with van der Waals surface area (Å²) in [7, 11) is 5.89. The summed E-state index contributed by atoms with van der Waals surface area (Å²) in [5.74, 6) is -2.35. The van der Waals surface area contributed by atoms with Crippen LogP contribution in [0.1, 0.15) is 181 Å². The van der Waals surface area contributed by atoms with Crippen molar-refractivity contribution in [3.63, 3.8) is 0 Å². The van der Waals surface area contributed by atoms with Gasteiger partial charge in [-0.2, -0.15) is 0 Å². The summed E-state index contributed by atoms with van der Waals surface area (Å²) in [6.45, 7) is 4.45. The molecule has 0 rings (SSSR count). The van der Waals surface area contributed by atoms with Crippen LogP contribution in [-0.4, -0.2) is 82.3 Å². The van der Waals surface area contributed by atoms with Crippen LogP contribution in [0.15, 0.2) is 122 Å². The Morgan fingerprint density at radius 3 is 1.17 bits per heavy atom. The maximum absolute atomic E-state index is 12.8. The highest BCUT2D eigenvalue weighted by Gasteiger charge is 2.21. The molecule has 69 heavy (non-hydrogen) atoms. The van der Waals surface area contributed by atoms with E-state index in [0.29, 0.717) is 23.9 Å². The molecule has 0 spiro atoms. The Morgan fingerprint density at radius 1 is 0.435 bits per heavy atom. The van der Waals surface area contributed by atoms with Crippen LogP contribution in [0.5, 0.6) is 0 Å². The molecular weight excluding hydrogens is 863 g/mol. The minimum Gasteiger partial charge on any atom is -0.545 e. The largest absolute Gasteiger partial charge is 0.545 e. The van der Waals surface area contributed by atoms with E-state index >= 15 is 0 Å². The van der Waals surface area contributed by atoms with E-state index < -0.39 is 30.3 Å². The molecule has 0 aliphatic heterocycles. The van der Waals surface area contributed by atoms with Gasteiger partial charge >= 0.3 is 11.9 Å². The topological polar surface area (TPSA) is 111 Å². The second-order valence-electron chi connectivity index (χ2n) is 18.4. The minimum atomic E-state index is -1.64. The maximum atomic E-state index is 12.8. The van der Waals surface area contributed by atoms with Crippen molar-refractivity contribution >= 4 is 17.9 Å². The maximum Gasteiger partial charge on any atom is 0.306 e. The number of carbonyl (C=O) groups excluding carboxylic acids is 3. The average molecular weight is 960 g/mol. The molecule has 390 valence electrons. The Kier molecular flexibility index (Phi) is 47.0. The number of quaternary nitrogens is 1. The van der Waals surface area contributed by atoms with Crippen molar-refractivity contribution in [1.82, 2.24) is 0 Å². The lowest BCUT2D eigenvalue weighted by molar-refractivity contribution is -0.870. The lowest BCUT2D eigenvalue weighted by atomic mass is 10.1. The Morgan fingerprint density at radius 2 is 0.783 bits per heavy atom. The first-order valence-electron chi connectivity index (χ1n) is 26.7. The lowest BCUT2D eigenvalue weighted by Gasteiger charge is -2.26. The highest BCUT2D eigenvalue weighted by Crippen LogP contribution is 2.14. The molecule has 0 radical (unpaired) electrons. The molecule has 0 aliphatic rings. The summed E-state index contributed by atoms with van der Waals surface area (Å²) in [6.07, 6.45) is 66.6. The van der Waals surface area contributed by atoms with Gasteiger partial charge in [0.25, 0.3) is 0 Å². The Hall–Kier alpha value is -4.31. The fraction of sp³-hybridized carbons (Fsp3) is 0.617. The fourth-order valence-corrected chi connectivity index (χ4v) is 6.65. The van der Waals surface area contributed by atoms with Crippen molar-refractivity contribution in [3.05, 3.63) is 122 Å². The van der Waals surface area contributed by atoms with Crippen molar-refractivity contribution in [2.75, 3.05) is 47.5 Å². The fourth-order valence-electron chi connectivity index (χ4n) is 6.65. The average Bonchev–Trinajstić information content (AvgIpc) is 3.31. The van der Waals surface area contributed by atoms with E-state index in [-0.39, 0.29) is 32.7 Å². The predicted molar refractivity (Wildman–Crippen MR) is 287 cm³/mol. The summed E-state index contributed by atoms with van der Waals surface area (Å²) in [5.41, 5.74) is 0. The third kappa shape index (κ3) is 51.4. The van der Waals surface area contributed by atoms with Gasteiger partial charge in [0.1, 0.15) is 13.2 Å². The van der Waals surface area contributed by atoms with Gasteiger partial charge < -0.3 is 33.3 Å². The Labute approximate surface area is 421 Å². The number of allylic oxidation sites excluding steroid dienone is 20. The van der Waals surface area contributed by atoms with Crippen LogP contribution >= 0.6 is 0 Å². The van der Waals surface area contributed by atoms with Gasteiger partial charge in [0.2, 0.25) is 0 Å². The van der Waals surface area contributed by atoms with Crippen molar-refractivity contribution in [1.29, 1.82) is 0 Å². The standard InChI is InChI=1S/C60H97NO8/c1-6-8-10-12-14-16-18-20-22-24-26-27-28-29-30-31-33-35-37-39-41-43-45-47-49-51-58(63)69-56(55-68-60(59(64)65)66-53-52-61(3,4)5)54-67-57(62)50-48-46-44-42-40-38-36-34-32-25-23-21-19-17-15-13-11-9-7-2/h8-11,14-17,20-23,26-27,29-30,32,34,38,40,56,60H,6-7,12-13,18-19,24-25,28,31,33,35-37,39,41-55H2,1-5H3/b10-8-,11-9-,16-14-,17-15-,22-20-,23-21-,27-26-,30-29-,34-32-,40-38-. The first kappa shape index (κ1) is 64.7. The zero-order valence-corrected chi connectivity index (χ0v) is 44.1. The van der Waals surface area contributed by atoms with Crippen LogP contribution < -0.4 is 5.11 Å². The van der Waals surface area contributed by atoms with Crippen molar-refractivity contribution in [3.8, 4) is 0 Å². The number of unbranched alkanes of at least 4 members (excludes halogenated alkanes) is 12. The quantitative estimate of drug-likeness (QED) is 0.0195. The van der Waals surface area contributed by atoms with Crippen LogP contribution in [0, 0.1) is 0 Å². The highest BCUT2D eigenvalue weighted by atomic mass is 16.7. The monoisotopic (exact) mass is 960 g/mol. The van der Waals surface area contributed by atoms with Crippen molar-refractivity contribution < 1.29 is 42.9 Å². The number of carbonyl (C=O) groups is 3. The van der Waals surface area contributed by atoms with Gasteiger partial charge in [0.05, 0.1) is 40.3 Å². The number of carboxylic acids is 1. The summed E-state index contributed by atoms with van der Waals surface area (Å²) >= 11 is 0. The number of ether oxygens (including phenoxy) is 4.